The van der Waals surface area contributed by atoms with E-state index in [0.717, 1.165) is 51.4 Å². The van der Waals surface area contributed by atoms with E-state index in [0.29, 0.717) is 13.1 Å². The lowest BCUT2D eigenvalue weighted by atomic mass is 9.66. The van der Waals surface area contributed by atoms with Gasteiger partial charge in [0.2, 0.25) is 0 Å². The van der Waals surface area contributed by atoms with Gasteiger partial charge >= 0.3 is 12.2 Å². The van der Waals surface area contributed by atoms with Crippen LogP contribution >= 0.6 is 31.8 Å². The van der Waals surface area contributed by atoms with E-state index < -0.39 is 0 Å². The van der Waals surface area contributed by atoms with Crippen LogP contribution in [0.2, 0.25) is 0 Å². The number of piperidine rings is 2. The number of hydrogen-bond acceptors (Lipinski definition) is 9. The van der Waals surface area contributed by atoms with Gasteiger partial charge in [0.05, 0.1) is 0 Å². The Bertz CT molecular complexity index is 965. The molecule has 51 heavy (non-hydrogen) atoms. The monoisotopic (exact) mass is 766 g/mol. The standard InChI is InChI=1S/C40H70N4O4S3/c1-3-5-27-41-35(45)47-33-29-37(19-11-7-12-20-37)43(38(30-33)21-13-8-14-22-38)49-51-50-44-39(23-15-9-16-24-39)31-34(48-36(46)42-28-6-4-2)32-40(44)25-17-10-18-26-40/h33-34H,3-32H2,1-2H3,(H,41,45)(H,42,46). The summed E-state index contributed by atoms with van der Waals surface area (Å²) in [5.41, 5.74) is 0.323. The first-order valence-electron chi connectivity index (χ1n) is 21.4. The Kier molecular flexibility index (Phi) is 14.9. The topological polar surface area (TPSA) is 83.1 Å². The van der Waals surface area contributed by atoms with E-state index in [-0.39, 0.29) is 46.6 Å². The summed E-state index contributed by atoms with van der Waals surface area (Å²) in [6.45, 7) is 5.72. The summed E-state index contributed by atoms with van der Waals surface area (Å²) in [5.74, 6) is 0. The third-order valence-electron chi connectivity index (χ3n) is 13.6. The van der Waals surface area contributed by atoms with E-state index in [1.807, 2.05) is 9.83 Å². The molecule has 0 aromatic carbocycles. The Labute approximate surface area is 322 Å². The van der Waals surface area contributed by atoms with Gasteiger partial charge in [-0.1, -0.05) is 104 Å². The van der Waals surface area contributed by atoms with Gasteiger partial charge in [-0.25, -0.2) is 18.2 Å². The zero-order valence-corrected chi connectivity index (χ0v) is 34.6. The van der Waals surface area contributed by atoms with Gasteiger partial charge in [-0.2, -0.15) is 0 Å². The minimum atomic E-state index is -0.210. The number of alkyl carbamates (subject to hydrolysis) is 2. The first-order valence-corrected chi connectivity index (χ1v) is 24.8. The Morgan fingerprint density at radius 3 is 1.10 bits per heavy atom. The summed E-state index contributed by atoms with van der Waals surface area (Å²) in [4.78, 5) is 26.0. The highest BCUT2D eigenvalue weighted by Crippen LogP contribution is 2.62. The predicted octanol–water partition coefficient (Wildman–Crippen LogP) is 11.6. The molecule has 6 fully saturated rings. The lowest BCUT2D eigenvalue weighted by Gasteiger charge is -2.62. The van der Waals surface area contributed by atoms with Gasteiger partial charge in [0.15, 0.2) is 0 Å². The van der Waals surface area contributed by atoms with Gasteiger partial charge < -0.3 is 20.1 Å². The van der Waals surface area contributed by atoms with Gasteiger partial charge in [0, 0.05) is 92.7 Å². The second-order valence-corrected chi connectivity index (χ2v) is 21.1. The van der Waals surface area contributed by atoms with Gasteiger partial charge in [-0.3, -0.25) is 0 Å². The van der Waals surface area contributed by atoms with Crippen molar-refractivity contribution in [1.29, 1.82) is 0 Å². The third kappa shape index (κ3) is 9.67. The number of rotatable bonds is 12. The fourth-order valence-electron chi connectivity index (χ4n) is 11.3. The van der Waals surface area contributed by atoms with Crippen molar-refractivity contribution in [3.8, 4) is 0 Å². The number of ether oxygens (including phenoxy) is 2. The van der Waals surface area contributed by atoms with E-state index in [9.17, 15) is 9.59 Å². The molecule has 292 valence electrons. The van der Waals surface area contributed by atoms with Crippen molar-refractivity contribution in [3.63, 3.8) is 0 Å². The molecule has 0 aromatic heterocycles. The molecular formula is C40H70N4O4S3. The Morgan fingerprint density at radius 1 is 0.529 bits per heavy atom. The van der Waals surface area contributed by atoms with Crippen molar-refractivity contribution in [1.82, 2.24) is 19.2 Å². The fourth-order valence-corrected chi connectivity index (χ4v) is 16.8. The van der Waals surface area contributed by atoms with Crippen LogP contribution < -0.4 is 10.6 Å². The van der Waals surface area contributed by atoms with Gasteiger partial charge in [0.25, 0.3) is 0 Å². The fraction of sp³-hybridized carbons (Fsp3) is 0.950. The molecule has 11 heteroatoms. The van der Waals surface area contributed by atoms with Gasteiger partial charge in [0.1, 0.15) is 12.2 Å². The van der Waals surface area contributed by atoms with Crippen LogP contribution in [0.1, 0.15) is 194 Å². The van der Waals surface area contributed by atoms with Crippen LogP contribution in [0, 0.1) is 0 Å². The van der Waals surface area contributed by atoms with Crippen LogP contribution in [0.4, 0.5) is 9.59 Å². The zero-order valence-electron chi connectivity index (χ0n) is 32.1. The first kappa shape index (κ1) is 40.2. The molecule has 0 unspecified atom stereocenters. The zero-order chi connectivity index (χ0) is 35.6. The van der Waals surface area contributed by atoms with E-state index in [1.165, 1.54) is 128 Å². The smallest absolute Gasteiger partial charge is 0.407 e. The number of unbranched alkanes of at least 4 members (excludes halogenated alkanes) is 2. The van der Waals surface area contributed by atoms with E-state index >= 15 is 0 Å². The minimum Gasteiger partial charge on any atom is -0.446 e. The number of carbonyl (C=O) groups is 2. The van der Waals surface area contributed by atoms with Gasteiger partial charge in [-0.15, -0.1) is 0 Å². The lowest BCUT2D eigenvalue weighted by Crippen LogP contribution is -2.65. The maximum atomic E-state index is 13.0. The molecule has 4 spiro atoms. The molecule has 0 aromatic rings. The summed E-state index contributed by atoms with van der Waals surface area (Å²) in [5, 5.41) is 6.11. The molecule has 2 heterocycles. The van der Waals surface area contributed by atoms with Crippen LogP contribution in [0.3, 0.4) is 0 Å². The molecule has 0 bridgehead atoms. The number of nitrogens with zero attached hydrogens (tertiary/aromatic N) is 2. The summed E-state index contributed by atoms with van der Waals surface area (Å²) >= 11 is 0. The molecule has 2 amide bonds. The van der Waals surface area contributed by atoms with Crippen molar-refractivity contribution < 1.29 is 19.1 Å². The summed E-state index contributed by atoms with van der Waals surface area (Å²) in [6, 6.07) is 0. The Balaban J connectivity index is 1.21. The normalized spacial score (nSPS) is 28.8. The molecule has 0 radical (unpaired) electrons. The Morgan fingerprint density at radius 2 is 0.824 bits per heavy atom. The molecule has 6 aliphatic rings. The number of carbonyl (C=O) groups excluding carboxylic acids is 2. The maximum absolute atomic E-state index is 13.0. The molecule has 4 aliphatic carbocycles. The van der Waals surface area contributed by atoms with Crippen molar-refractivity contribution in [2.45, 2.75) is 228 Å². The molecule has 6 rings (SSSR count). The highest BCUT2D eigenvalue weighted by molar-refractivity contribution is 9.08. The molecular weight excluding hydrogens is 697 g/mol. The quantitative estimate of drug-likeness (QED) is 0.115. The van der Waals surface area contributed by atoms with Crippen molar-refractivity contribution >= 4 is 44.0 Å². The van der Waals surface area contributed by atoms with Crippen LogP contribution in [0.15, 0.2) is 0 Å². The average molecular weight is 767 g/mol. The molecule has 8 nitrogen and oxygen atoms in total. The van der Waals surface area contributed by atoms with Crippen molar-refractivity contribution in [2.24, 2.45) is 0 Å². The van der Waals surface area contributed by atoms with Crippen molar-refractivity contribution in [2.75, 3.05) is 13.1 Å². The van der Waals surface area contributed by atoms with E-state index in [1.54, 1.807) is 0 Å². The number of amides is 2. The minimum absolute atomic E-state index is 0.00783. The second kappa shape index (κ2) is 18.9. The average Bonchev–Trinajstić information content (AvgIpc) is 3.12. The summed E-state index contributed by atoms with van der Waals surface area (Å²) in [7, 11) is 6.19. The largest absolute Gasteiger partial charge is 0.446 e. The second-order valence-electron chi connectivity index (χ2n) is 17.4. The number of nitrogens with one attached hydrogen (secondary N) is 2. The summed E-state index contributed by atoms with van der Waals surface area (Å²) in [6.07, 6.45) is 32.7. The molecule has 2 saturated heterocycles. The predicted molar refractivity (Wildman–Crippen MR) is 215 cm³/mol. The highest BCUT2D eigenvalue weighted by atomic mass is 33.5. The van der Waals surface area contributed by atoms with Crippen LogP contribution in [0.5, 0.6) is 0 Å². The molecule has 2 N–H and O–H groups in total. The van der Waals surface area contributed by atoms with E-state index in [4.69, 9.17) is 9.47 Å². The maximum Gasteiger partial charge on any atom is 0.407 e. The van der Waals surface area contributed by atoms with Crippen LogP contribution in [-0.2, 0) is 9.47 Å². The first-order chi connectivity index (χ1) is 24.9. The molecule has 2 aliphatic heterocycles. The molecule has 0 atom stereocenters. The summed E-state index contributed by atoms with van der Waals surface area (Å²) < 4.78 is 18.5. The lowest BCUT2D eigenvalue weighted by molar-refractivity contribution is -0.0822. The van der Waals surface area contributed by atoms with Gasteiger partial charge in [-0.05, 0) is 64.2 Å². The van der Waals surface area contributed by atoms with Crippen LogP contribution in [0.25, 0.3) is 0 Å². The highest BCUT2D eigenvalue weighted by Gasteiger charge is 2.58. The third-order valence-corrected chi connectivity index (χ3v) is 18.0. The molecule has 4 saturated carbocycles. The van der Waals surface area contributed by atoms with Crippen molar-refractivity contribution in [3.05, 3.63) is 0 Å². The van der Waals surface area contributed by atoms with Crippen LogP contribution in [-0.4, -0.2) is 68.3 Å². The number of hydrogen-bond donors (Lipinski definition) is 2. The van der Waals surface area contributed by atoms with E-state index in [2.05, 4.69) is 55.1 Å². The SMILES string of the molecule is CCCCNC(=O)OC1CC2(CCCCC2)N(SSSN2C3(CCCCC3)CC(OC(=O)NCCCC)CC23CCCCC3)C2(CCCCC2)C1. The Hall–Kier alpha value is -0.490.